The zero-order chi connectivity index (χ0) is 20.6. The van der Waals surface area contributed by atoms with Gasteiger partial charge in [0.2, 0.25) is 0 Å². The Hall–Kier alpha value is -2.77. The van der Waals surface area contributed by atoms with Crippen LogP contribution >= 0.6 is 0 Å². The molecule has 156 valence electrons. The van der Waals surface area contributed by atoms with Crippen LogP contribution in [0.5, 0.6) is 11.5 Å². The van der Waals surface area contributed by atoms with Gasteiger partial charge < -0.3 is 24.4 Å². The minimum absolute atomic E-state index is 0.265. The average Bonchev–Trinajstić information content (AvgIpc) is 2.77. The highest BCUT2D eigenvalue weighted by molar-refractivity contribution is 6.08. The molecule has 0 bridgehead atoms. The Morgan fingerprint density at radius 1 is 0.931 bits per heavy atom. The molecule has 1 aliphatic heterocycles. The SMILES string of the molecule is COCCN1CCN(c2ccc(NC(=O)c3c(OC)cccc3OC)cc2)CC1. The summed E-state index contributed by atoms with van der Waals surface area (Å²) in [6, 6.07) is 13.2. The average molecular weight is 399 g/mol. The molecule has 1 fully saturated rings. The van der Waals surface area contributed by atoms with E-state index in [1.807, 2.05) is 24.3 Å². The lowest BCUT2D eigenvalue weighted by atomic mass is 10.1. The van der Waals surface area contributed by atoms with Crippen molar-refractivity contribution >= 4 is 17.3 Å². The van der Waals surface area contributed by atoms with Gasteiger partial charge in [-0.1, -0.05) is 6.07 Å². The van der Waals surface area contributed by atoms with Gasteiger partial charge in [0.05, 0.1) is 20.8 Å². The molecule has 7 nitrogen and oxygen atoms in total. The number of nitrogens with one attached hydrogen (secondary N) is 1. The molecule has 0 spiro atoms. The van der Waals surface area contributed by atoms with E-state index >= 15 is 0 Å². The first-order valence-electron chi connectivity index (χ1n) is 9.75. The quantitative estimate of drug-likeness (QED) is 0.737. The zero-order valence-corrected chi connectivity index (χ0v) is 17.3. The summed E-state index contributed by atoms with van der Waals surface area (Å²) in [6.07, 6.45) is 0. The first-order valence-corrected chi connectivity index (χ1v) is 9.75. The number of hydrogen-bond acceptors (Lipinski definition) is 6. The van der Waals surface area contributed by atoms with Gasteiger partial charge in [0.1, 0.15) is 17.1 Å². The molecule has 0 aromatic heterocycles. The largest absolute Gasteiger partial charge is 0.496 e. The predicted molar refractivity (Wildman–Crippen MR) is 114 cm³/mol. The monoisotopic (exact) mass is 399 g/mol. The van der Waals surface area contributed by atoms with Crippen molar-refractivity contribution in [2.24, 2.45) is 0 Å². The maximum absolute atomic E-state index is 12.8. The first kappa shape index (κ1) is 21.0. The third kappa shape index (κ3) is 5.19. The fraction of sp³-hybridized carbons (Fsp3) is 0.409. The molecule has 1 aliphatic rings. The van der Waals surface area contributed by atoms with Crippen molar-refractivity contribution in [3.63, 3.8) is 0 Å². The normalized spacial score (nSPS) is 14.5. The molecule has 0 unspecified atom stereocenters. The minimum atomic E-state index is -0.265. The van der Waals surface area contributed by atoms with Gasteiger partial charge in [0.15, 0.2) is 0 Å². The Morgan fingerprint density at radius 2 is 1.55 bits per heavy atom. The molecule has 29 heavy (non-hydrogen) atoms. The van der Waals surface area contributed by atoms with Crippen molar-refractivity contribution in [3.8, 4) is 11.5 Å². The van der Waals surface area contributed by atoms with Gasteiger partial charge >= 0.3 is 0 Å². The summed E-state index contributed by atoms with van der Waals surface area (Å²) in [5.74, 6) is 0.688. The zero-order valence-electron chi connectivity index (χ0n) is 17.3. The van der Waals surface area contributed by atoms with Gasteiger partial charge in [0.25, 0.3) is 5.91 Å². The van der Waals surface area contributed by atoms with E-state index in [2.05, 4.69) is 15.1 Å². The second-order valence-electron chi connectivity index (χ2n) is 6.86. The van der Waals surface area contributed by atoms with Crippen LogP contribution in [-0.2, 0) is 4.74 Å². The van der Waals surface area contributed by atoms with E-state index in [1.54, 1.807) is 25.3 Å². The van der Waals surface area contributed by atoms with Crippen LogP contribution < -0.4 is 19.7 Å². The molecule has 2 aromatic carbocycles. The summed E-state index contributed by atoms with van der Waals surface area (Å²) in [6.45, 7) is 5.75. The van der Waals surface area contributed by atoms with E-state index in [9.17, 15) is 4.79 Å². The molecular weight excluding hydrogens is 370 g/mol. The van der Waals surface area contributed by atoms with Gasteiger partial charge in [-0.15, -0.1) is 0 Å². The maximum Gasteiger partial charge on any atom is 0.263 e. The lowest BCUT2D eigenvalue weighted by Crippen LogP contribution is -2.47. The molecule has 1 amide bonds. The fourth-order valence-electron chi connectivity index (χ4n) is 3.47. The Labute approximate surface area is 172 Å². The summed E-state index contributed by atoms with van der Waals surface area (Å²) >= 11 is 0. The molecule has 3 rings (SSSR count). The van der Waals surface area contributed by atoms with Gasteiger partial charge in [-0.05, 0) is 36.4 Å². The molecule has 0 atom stereocenters. The number of piperazine rings is 1. The Kier molecular flexibility index (Phi) is 7.32. The van der Waals surface area contributed by atoms with Crippen molar-refractivity contribution < 1.29 is 19.0 Å². The first-order chi connectivity index (χ1) is 14.2. The van der Waals surface area contributed by atoms with E-state index in [4.69, 9.17) is 14.2 Å². The van der Waals surface area contributed by atoms with Crippen LogP contribution in [0.15, 0.2) is 42.5 Å². The lowest BCUT2D eigenvalue weighted by Gasteiger charge is -2.36. The van der Waals surface area contributed by atoms with Crippen LogP contribution in [0.2, 0.25) is 0 Å². The van der Waals surface area contributed by atoms with Gasteiger partial charge in [0, 0.05) is 51.2 Å². The number of hydrogen-bond donors (Lipinski definition) is 1. The van der Waals surface area contributed by atoms with E-state index in [-0.39, 0.29) is 5.91 Å². The number of benzene rings is 2. The van der Waals surface area contributed by atoms with Crippen LogP contribution in [-0.4, -0.2) is 71.5 Å². The highest BCUT2D eigenvalue weighted by Gasteiger charge is 2.19. The van der Waals surface area contributed by atoms with Crippen LogP contribution in [0.4, 0.5) is 11.4 Å². The predicted octanol–water partition coefficient (Wildman–Crippen LogP) is 2.72. The summed E-state index contributed by atoms with van der Waals surface area (Å²) in [7, 11) is 4.81. The molecule has 0 saturated carbocycles. The fourth-order valence-corrected chi connectivity index (χ4v) is 3.47. The number of methoxy groups -OCH3 is 3. The van der Waals surface area contributed by atoms with Crippen molar-refractivity contribution in [1.29, 1.82) is 0 Å². The molecule has 1 saturated heterocycles. The van der Waals surface area contributed by atoms with Crippen LogP contribution in [0.3, 0.4) is 0 Å². The lowest BCUT2D eigenvalue weighted by molar-refractivity contribution is 0.102. The summed E-state index contributed by atoms with van der Waals surface area (Å²) in [4.78, 5) is 17.6. The number of anilines is 2. The van der Waals surface area contributed by atoms with E-state index < -0.39 is 0 Å². The molecule has 2 aromatic rings. The number of ether oxygens (including phenoxy) is 3. The van der Waals surface area contributed by atoms with E-state index in [0.29, 0.717) is 17.1 Å². The maximum atomic E-state index is 12.8. The molecule has 1 heterocycles. The molecule has 1 N–H and O–H groups in total. The van der Waals surface area contributed by atoms with Crippen LogP contribution in [0.1, 0.15) is 10.4 Å². The number of rotatable bonds is 8. The third-order valence-electron chi connectivity index (χ3n) is 5.13. The molecule has 0 aliphatic carbocycles. The Morgan fingerprint density at radius 3 is 2.10 bits per heavy atom. The highest BCUT2D eigenvalue weighted by Crippen LogP contribution is 2.29. The smallest absolute Gasteiger partial charge is 0.263 e. The van der Waals surface area contributed by atoms with Crippen molar-refractivity contribution in [1.82, 2.24) is 4.90 Å². The molecular formula is C22H29N3O4. The number of carbonyl (C=O) groups is 1. The van der Waals surface area contributed by atoms with E-state index in [1.165, 1.54) is 14.2 Å². The van der Waals surface area contributed by atoms with Gasteiger partial charge in [-0.2, -0.15) is 0 Å². The second-order valence-corrected chi connectivity index (χ2v) is 6.86. The third-order valence-corrected chi connectivity index (χ3v) is 5.13. The van der Waals surface area contributed by atoms with Crippen LogP contribution in [0.25, 0.3) is 0 Å². The Bertz CT molecular complexity index is 780. The van der Waals surface area contributed by atoms with Crippen molar-refractivity contribution in [2.45, 2.75) is 0 Å². The second kappa shape index (κ2) is 10.1. The van der Waals surface area contributed by atoms with E-state index in [0.717, 1.165) is 50.7 Å². The molecule has 7 heteroatoms. The number of nitrogens with zero attached hydrogens (tertiary/aromatic N) is 2. The summed E-state index contributed by atoms with van der Waals surface area (Å²) in [5, 5.41) is 2.93. The topological polar surface area (TPSA) is 63.3 Å². The Balaban J connectivity index is 1.62. The summed E-state index contributed by atoms with van der Waals surface area (Å²) < 4.78 is 15.8. The van der Waals surface area contributed by atoms with Crippen molar-refractivity contribution in [3.05, 3.63) is 48.0 Å². The highest BCUT2D eigenvalue weighted by atomic mass is 16.5. The number of amides is 1. The van der Waals surface area contributed by atoms with Crippen molar-refractivity contribution in [2.75, 3.05) is 70.9 Å². The van der Waals surface area contributed by atoms with Crippen LogP contribution in [0, 0.1) is 0 Å². The van der Waals surface area contributed by atoms with Gasteiger partial charge in [-0.3, -0.25) is 9.69 Å². The standard InChI is InChI=1S/C22H29N3O4/c1-27-16-15-24-11-13-25(14-12-24)18-9-7-17(8-10-18)23-22(26)21-19(28-2)5-4-6-20(21)29-3/h4-10H,11-16H2,1-3H3,(H,23,26). The van der Waals surface area contributed by atoms with Gasteiger partial charge in [-0.25, -0.2) is 0 Å². The molecule has 0 radical (unpaired) electrons. The number of carbonyl (C=O) groups excluding carboxylic acids is 1. The minimum Gasteiger partial charge on any atom is -0.496 e. The summed E-state index contributed by atoms with van der Waals surface area (Å²) in [5.41, 5.74) is 2.27.